The van der Waals surface area contributed by atoms with Gasteiger partial charge in [-0.25, -0.2) is 0 Å². The summed E-state index contributed by atoms with van der Waals surface area (Å²) in [4.78, 5) is 0. The minimum Gasteiger partial charge on any atom is -0.851 e. The molecule has 0 rings (SSSR count). The molecule has 0 saturated heterocycles. The molecule has 0 aliphatic carbocycles. The molecular weight excluding hydrogens is 103 g/mol. The van der Waals surface area contributed by atoms with Gasteiger partial charge in [-0.15, -0.1) is 13.2 Å². The summed E-state index contributed by atoms with van der Waals surface area (Å²) in [7, 11) is 0. The second-order valence-electron chi connectivity index (χ2n) is 1.10. The van der Waals surface area contributed by atoms with Crippen molar-refractivity contribution in [3.8, 4) is 0 Å². The van der Waals surface area contributed by atoms with Crippen LogP contribution in [0.4, 0.5) is 0 Å². The van der Waals surface area contributed by atoms with E-state index in [2.05, 4.69) is 6.58 Å². The van der Waals surface area contributed by atoms with Crippen molar-refractivity contribution in [3.63, 3.8) is 0 Å². The Morgan fingerprint density at radius 1 is 1.83 bits per heavy atom. The van der Waals surface area contributed by atoms with Crippen molar-refractivity contribution in [2.24, 2.45) is 0 Å². The van der Waals surface area contributed by atoms with E-state index in [1.165, 1.54) is 0 Å². The van der Waals surface area contributed by atoms with Crippen molar-refractivity contribution >= 4 is 0 Å². The molecule has 0 atom stereocenters. The Balaban J connectivity index is 0. The van der Waals surface area contributed by atoms with Crippen LogP contribution < -0.4 is 56.5 Å². The summed E-state index contributed by atoms with van der Waals surface area (Å²) >= 11 is 0. The zero-order chi connectivity index (χ0) is 4.28. The van der Waals surface area contributed by atoms with Crippen molar-refractivity contribution in [2.75, 3.05) is 6.61 Å². The molecule has 0 amide bonds. The van der Waals surface area contributed by atoms with E-state index in [9.17, 15) is 5.11 Å². The first-order chi connectivity index (χ1) is 2.27. The van der Waals surface area contributed by atoms with Crippen molar-refractivity contribution in [3.05, 3.63) is 12.2 Å². The zero-order valence-electron chi connectivity index (χ0n) is 4.32. The summed E-state index contributed by atoms with van der Waals surface area (Å²) in [6.07, 6.45) is 0. The third-order valence-corrected chi connectivity index (χ3v) is 0.246. The number of rotatable bonds is 1. The van der Waals surface area contributed by atoms with Crippen LogP contribution in [0.15, 0.2) is 12.2 Å². The third kappa shape index (κ3) is 9.01. The average Bonchev–Trinajstić information content (AvgIpc) is 1.38. The molecule has 30 valence electrons. The maximum absolute atomic E-state index is 9.53. The fourth-order valence-corrected chi connectivity index (χ4v) is 0. The fourth-order valence-electron chi connectivity index (χ4n) is 0. The minimum atomic E-state index is -0.139. The fraction of sp³-hybridized carbons (Fsp3) is 0.500. The average molecular weight is 110 g/mol. The van der Waals surface area contributed by atoms with Gasteiger partial charge in [0.2, 0.25) is 0 Å². The first-order valence-corrected chi connectivity index (χ1v) is 1.50. The molecular formula is C4H7KO. The molecule has 0 N–H and O–H groups in total. The molecule has 0 fully saturated rings. The van der Waals surface area contributed by atoms with Crippen LogP contribution in [0.25, 0.3) is 0 Å². The van der Waals surface area contributed by atoms with Gasteiger partial charge >= 0.3 is 51.4 Å². The van der Waals surface area contributed by atoms with Crippen molar-refractivity contribution in [2.45, 2.75) is 6.92 Å². The standard InChI is InChI=1S/C4H7O.K/c1-4(2)3-5;/h1,3H2,2H3;/q-1;+1. The van der Waals surface area contributed by atoms with Gasteiger partial charge in [-0.3, -0.25) is 0 Å². The molecule has 0 aromatic carbocycles. The topological polar surface area (TPSA) is 23.1 Å². The Kier molecular flexibility index (Phi) is 10.9. The number of hydrogen-bond donors (Lipinski definition) is 0. The van der Waals surface area contributed by atoms with Crippen LogP contribution in [-0.4, -0.2) is 6.61 Å². The van der Waals surface area contributed by atoms with E-state index in [1.807, 2.05) is 0 Å². The molecule has 0 aromatic rings. The van der Waals surface area contributed by atoms with E-state index in [4.69, 9.17) is 0 Å². The monoisotopic (exact) mass is 110 g/mol. The molecule has 0 bridgehead atoms. The summed E-state index contributed by atoms with van der Waals surface area (Å²) < 4.78 is 0. The Labute approximate surface area is 80.9 Å². The van der Waals surface area contributed by atoms with Crippen LogP contribution in [0.5, 0.6) is 0 Å². The summed E-state index contributed by atoms with van der Waals surface area (Å²) in [5.41, 5.74) is 0.699. The van der Waals surface area contributed by atoms with Gasteiger partial charge in [0, 0.05) is 0 Å². The molecule has 0 heterocycles. The van der Waals surface area contributed by atoms with E-state index in [0.29, 0.717) is 5.57 Å². The van der Waals surface area contributed by atoms with E-state index in [1.54, 1.807) is 6.92 Å². The van der Waals surface area contributed by atoms with Gasteiger partial charge in [0.15, 0.2) is 0 Å². The van der Waals surface area contributed by atoms with E-state index in [0.717, 1.165) is 0 Å². The Bertz CT molecular complexity index is 42.8. The van der Waals surface area contributed by atoms with Gasteiger partial charge in [-0.1, -0.05) is 5.57 Å². The Morgan fingerprint density at radius 3 is 2.00 bits per heavy atom. The molecule has 1 nitrogen and oxygen atoms in total. The maximum atomic E-state index is 9.53. The predicted molar refractivity (Wildman–Crippen MR) is 19.7 cm³/mol. The first-order valence-electron chi connectivity index (χ1n) is 1.50. The van der Waals surface area contributed by atoms with Crippen LogP contribution in [0.1, 0.15) is 6.92 Å². The molecule has 0 spiro atoms. The molecule has 6 heavy (non-hydrogen) atoms. The second kappa shape index (κ2) is 6.34. The van der Waals surface area contributed by atoms with Crippen molar-refractivity contribution in [1.82, 2.24) is 0 Å². The Hall–Kier alpha value is 1.34. The van der Waals surface area contributed by atoms with Gasteiger partial charge in [-0.2, -0.15) is 0 Å². The van der Waals surface area contributed by atoms with E-state index >= 15 is 0 Å². The van der Waals surface area contributed by atoms with Gasteiger partial charge in [0.1, 0.15) is 0 Å². The van der Waals surface area contributed by atoms with Crippen LogP contribution >= 0.6 is 0 Å². The van der Waals surface area contributed by atoms with Gasteiger partial charge < -0.3 is 5.11 Å². The molecule has 0 saturated carbocycles. The van der Waals surface area contributed by atoms with Crippen LogP contribution in [0.3, 0.4) is 0 Å². The minimum absolute atomic E-state index is 0. The molecule has 0 aromatic heterocycles. The molecule has 0 aliphatic rings. The Morgan fingerprint density at radius 2 is 2.00 bits per heavy atom. The van der Waals surface area contributed by atoms with Gasteiger partial charge in [0.05, 0.1) is 0 Å². The third-order valence-electron chi connectivity index (χ3n) is 0.246. The normalized spacial score (nSPS) is 6.33. The van der Waals surface area contributed by atoms with Crippen molar-refractivity contribution in [1.29, 1.82) is 0 Å². The summed E-state index contributed by atoms with van der Waals surface area (Å²) in [5, 5.41) is 9.53. The molecule has 0 radical (unpaired) electrons. The molecule has 2 heteroatoms. The van der Waals surface area contributed by atoms with Crippen LogP contribution in [0.2, 0.25) is 0 Å². The smallest absolute Gasteiger partial charge is 0.851 e. The quantitative estimate of drug-likeness (QED) is 0.259. The largest absolute Gasteiger partial charge is 1.00 e. The predicted octanol–water partition coefficient (Wildman–Crippen LogP) is -3.07. The number of hydrogen-bond acceptors (Lipinski definition) is 1. The van der Waals surface area contributed by atoms with E-state index < -0.39 is 0 Å². The summed E-state index contributed by atoms with van der Waals surface area (Å²) in [5.74, 6) is 0. The van der Waals surface area contributed by atoms with E-state index in [-0.39, 0.29) is 58.0 Å². The van der Waals surface area contributed by atoms with Crippen LogP contribution in [-0.2, 0) is 0 Å². The van der Waals surface area contributed by atoms with Gasteiger partial charge in [-0.05, 0) is 6.92 Å². The summed E-state index contributed by atoms with van der Waals surface area (Å²) in [6.45, 7) is 4.94. The van der Waals surface area contributed by atoms with Crippen LogP contribution in [0, 0.1) is 0 Å². The maximum Gasteiger partial charge on any atom is 1.00 e. The SMILES string of the molecule is C=C(C)C[O-].[K+]. The first kappa shape index (κ1) is 10.3. The van der Waals surface area contributed by atoms with Crippen molar-refractivity contribution < 1.29 is 56.5 Å². The second-order valence-corrected chi connectivity index (χ2v) is 1.10. The zero-order valence-corrected chi connectivity index (χ0v) is 7.45. The molecule has 0 aliphatic heterocycles. The molecule has 0 unspecified atom stereocenters. The summed E-state index contributed by atoms with van der Waals surface area (Å²) in [6, 6.07) is 0. The van der Waals surface area contributed by atoms with Gasteiger partial charge in [0.25, 0.3) is 0 Å².